The summed E-state index contributed by atoms with van der Waals surface area (Å²) in [5.41, 5.74) is -0.352. The Bertz CT molecular complexity index is 530. The van der Waals surface area contributed by atoms with Crippen LogP contribution < -0.4 is 14.8 Å². The van der Waals surface area contributed by atoms with E-state index in [0.29, 0.717) is 0 Å². The summed E-state index contributed by atoms with van der Waals surface area (Å²) in [6, 6.07) is 2.46. The van der Waals surface area contributed by atoms with Gasteiger partial charge in [0.1, 0.15) is 5.56 Å². The number of ether oxygens (including phenoxy) is 2. The Morgan fingerprint density at radius 2 is 1.90 bits per heavy atom. The van der Waals surface area contributed by atoms with Gasteiger partial charge in [-0.15, -0.1) is 0 Å². The maximum atomic E-state index is 12.2. The summed E-state index contributed by atoms with van der Waals surface area (Å²) in [5.74, 6) is -0.0117. The predicted molar refractivity (Wildman–Crippen MR) is 78.0 cm³/mol. The highest BCUT2D eigenvalue weighted by molar-refractivity contribution is 5.99. The molecule has 0 heterocycles. The monoisotopic (exact) mass is 296 g/mol. The van der Waals surface area contributed by atoms with Gasteiger partial charge in [-0.2, -0.15) is 0 Å². The third kappa shape index (κ3) is 4.08. The highest BCUT2D eigenvalue weighted by Crippen LogP contribution is 2.34. The lowest BCUT2D eigenvalue weighted by Gasteiger charge is -2.14. The van der Waals surface area contributed by atoms with Gasteiger partial charge in [0.05, 0.1) is 25.2 Å². The van der Waals surface area contributed by atoms with E-state index in [1.807, 2.05) is 13.8 Å². The second kappa shape index (κ2) is 7.47. The molecular formula is C14H20N2O5. The van der Waals surface area contributed by atoms with E-state index in [2.05, 4.69) is 5.32 Å². The van der Waals surface area contributed by atoms with Gasteiger partial charge in [0.15, 0.2) is 11.5 Å². The van der Waals surface area contributed by atoms with Crippen molar-refractivity contribution in [3.05, 3.63) is 27.8 Å². The van der Waals surface area contributed by atoms with Crippen LogP contribution in [0.1, 0.15) is 37.0 Å². The SMILES string of the molecule is CCC[C@@H](C)NC(=O)c1cc(OC)c(OC)cc1[N+](=O)[O-]. The van der Waals surface area contributed by atoms with Crippen molar-refractivity contribution in [2.24, 2.45) is 0 Å². The van der Waals surface area contributed by atoms with Gasteiger partial charge >= 0.3 is 0 Å². The van der Waals surface area contributed by atoms with Crippen molar-refractivity contribution in [2.75, 3.05) is 14.2 Å². The Kier molecular flexibility index (Phi) is 5.95. The molecule has 1 aromatic rings. The van der Waals surface area contributed by atoms with E-state index in [-0.39, 0.29) is 28.8 Å². The molecule has 0 aromatic heterocycles. The summed E-state index contributed by atoms with van der Waals surface area (Å²) < 4.78 is 10.1. The van der Waals surface area contributed by atoms with Crippen LogP contribution in [0.25, 0.3) is 0 Å². The van der Waals surface area contributed by atoms with Crippen molar-refractivity contribution < 1.29 is 19.2 Å². The van der Waals surface area contributed by atoms with E-state index in [0.717, 1.165) is 12.8 Å². The van der Waals surface area contributed by atoms with Crippen molar-refractivity contribution in [1.82, 2.24) is 5.32 Å². The second-order valence-corrected chi connectivity index (χ2v) is 4.64. The van der Waals surface area contributed by atoms with E-state index in [1.54, 1.807) is 0 Å². The fourth-order valence-corrected chi connectivity index (χ4v) is 2.01. The van der Waals surface area contributed by atoms with E-state index in [9.17, 15) is 14.9 Å². The van der Waals surface area contributed by atoms with Gasteiger partial charge < -0.3 is 14.8 Å². The molecule has 1 N–H and O–H groups in total. The summed E-state index contributed by atoms with van der Waals surface area (Å²) in [7, 11) is 2.79. The van der Waals surface area contributed by atoms with E-state index >= 15 is 0 Å². The maximum Gasteiger partial charge on any atom is 0.286 e. The molecule has 0 aliphatic rings. The Hall–Kier alpha value is -2.31. The molecule has 0 aliphatic heterocycles. The number of methoxy groups -OCH3 is 2. The average Bonchev–Trinajstić information content (AvgIpc) is 2.45. The maximum absolute atomic E-state index is 12.2. The largest absolute Gasteiger partial charge is 0.493 e. The topological polar surface area (TPSA) is 90.7 Å². The molecule has 1 aromatic carbocycles. The molecule has 7 heteroatoms. The number of amides is 1. The van der Waals surface area contributed by atoms with Crippen LogP contribution in [0.15, 0.2) is 12.1 Å². The number of nitrogens with zero attached hydrogens (tertiary/aromatic N) is 1. The summed E-state index contributed by atoms with van der Waals surface area (Å²) in [6.07, 6.45) is 1.71. The van der Waals surface area contributed by atoms with E-state index < -0.39 is 10.8 Å². The third-order valence-electron chi connectivity index (χ3n) is 3.04. The normalized spacial score (nSPS) is 11.6. The van der Waals surface area contributed by atoms with Crippen molar-refractivity contribution in [3.8, 4) is 11.5 Å². The second-order valence-electron chi connectivity index (χ2n) is 4.64. The first-order valence-corrected chi connectivity index (χ1v) is 6.65. The van der Waals surface area contributed by atoms with Gasteiger partial charge in [-0.1, -0.05) is 13.3 Å². The molecule has 0 aliphatic carbocycles. The number of hydrogen-bond acceptors (Lipinski definition) is 5. The molecule has 0 bridgehead atoms. The summed E-state index contributed by atoms with van der Waals surface area (Å²) in [4.78, 5) is 22.7. The Morgan fingerprint density at radius 3 is 2.38 bits per heavy atom. The minimum atomic E-state index is -0.610. The van der Waals surface area contributed by atoms with Crippen molar-refractivity contribution in [2.45, 2.75) is 32.7 Å². The summed E-state index contributed by atoms with van der Waals surface area (Å²) in [6.45, 7) is 3.86. The quantitative estimate of drug-likeness (QED) is 0.616. The highest BCUT2D eigenvalue weighted by atomic mass is 16.6. The van der Waals surface area contributed by atoms with Crippen molar-refractivity contribution >= 4 is 11.6 Å². The molecule has 0 unspecified atom stereocenters. The van der Waals surface area contributed by atoms with Gasteiger partial charge in [-0.3, -0.25) is 14.9 Å². The standard InChI is InChI=1S/C14H20N2O5/c1-5-6-9(2)15-14(17)10-7-12(20-3)13(21-4)8-11(10)16(18)19/h7-9H,5-6H2,1-4H3,(H,15,17)/t9-/m1/s1. The number of hydrogen-bond donors (Lipinski definition) is 1. The van der Waals surface area contributed by atoms with E-state index in [4.69, 9.17) is 9.47 Å². The van der Waals surface area contributed by atoms with Crippen LogP contribution in [0.4, 0.5) is 5.69 Å². The first-order valence-electron chi connectivity index (χ1n) is 6.65. The van der Waals surface area contributed by atoms with Crippen LogP contribution in [-0.2, 0) is 0 Å². The molecule has 0 saturated carbocycles. The summed E-state index contributed by atoms with van der Waals surface area (Å²) >= 11 is 0. The smallest absolute Gasteiger partial charge is 0.286 e. The molecule has 7 nitrogen and oxygen atoms in total. The molecule has 116 valence electrons. The van der Waals surface area contributed by atoms with Crippen molar-refractivity contribution in [3.63, 3.8) is 0 Å². The Morgan fingerprint density at radius 1 is 1.33 bits per heavy atom. The number of nitro benzene ring substituents is 1. The molecule has 0 spiro atoms. The molecule has 21 heavy (non-hydrogen) atoms. The minimum absolute atomic E-state index is 0.0411. The fraction of sp³-hybridized carbons (Fsp3) is 0.500. The number of nitrogens with one attached hydrogen (secondary N) is 1. The molecule has 0 saturated heterocycles. The zero-order chi connectivity index (χ0) is 16.0. The number of carbonyl (C=O) groups excluding carboxylic acids is 1. The predicted octanol–water partition coefficient (Wildman–Crippen LogP) is 2.53. The highest BCUT2D eigenvalue weighted by Gasteiger charge is 2.25. The van der Waals surface area contributed by atoms with Gasteiger partial charge in [0.2, 0.25) is 0 Å². The van der Waals surface area contributed by atoms with Crippen LogP contribution in [0.5, 0.6) is 11.5 Å². The molecular weight excluding hydrogens is 276 g/mol. The van der Waals surface area contributed by atoms with Crippen LogP contribution in [0.3, 0.4) is 0 Å². The molecule has 0 fully saturated rings. The number of nitro groups is 1. The fourth-order valence-electron chi connectivity index (χ4n) is 2.01. The zero-order valence-corrected chi connectivity index (χ0v) is 12.6. The van der Waals surface area contributed by atoms with E-state index in [1.165, 1.54) is 26.4 Å². The zero-order valence-electron chi connectivity index (χ0n) is 12.6. The number of rotatable bonds is 7. The Balaban J connectivity index is 3.20. The Labute approximate surface area is 123 Å². The molecule has 1 amide bonds. The third-order valence-corrected chi connectivity index (χ3v) is 3.04. The van der Waals surface area contributed by atoms with Crippen LogP contribution in [-0.4, -0.2) is 31.1 Å². The van der Waals surface area contributed by atoms with Crippen LogP contribution >= 0.6 is 0 Å². The van der Waals surface area contributed by atoms with Crippen LogP contribution in [0.2, 0.25) is 0 Å². The first kappa shape index (κ1) is 16.7. The van der Waals surface area contributed by atoms with Crippen molar-refractivity contribution in [1.29, 1.82) is 0 Å². The first-order chi connectivity index (χ1) is 9.94. The van der Waals surface area contributed by atoms with Gasteiger partial charge in [0.25, 0.3) is 11.6 Å². The molecule has 1 rings (SSSR count). The van der Waals surface area contributed by atoms with Gasteiger partial charge in [-0.05, 0) is 13.3 Å². The average molecular weight is 296 g/mol. The number of benzene rings is 1. The van der Waals surface area contributed by atoms with Gasteiger partial charge in [0, 0.05) is 12.1 Å². The molecule has 0 radical (unpaired) electrons. The lowest BCUT2D eigenvalue weighted by atomic mass is 10.1. The molecule has 1 atom stereocenters. The van der Waals surface area contributed by atoms with Gasteiger partial charge in [-0.25, -0.2) is 0 Å². The lowest BCUT2D eigenvalue weighted by Crippen LogP contribution is -2.32. The number of carbonyl (C=O) groups is 1. The lowest BCUT2D eigenvalue weighted by molar-refractivity contribution is -0.385. The van der Waals surface area contributed by atoms with Crippen LogP contribution in [0, 0.1) is 10.1 Å². The summed E-state index contributed by atoms with van der Waals surface area (Å²) in [5, 5.41) is 13.9. The minimum Gasteiger partial charge on any atom is -0.493 e.